The van der Waals surface area contributed by atoms with Crippen LogP contribution >= 0.6 is 0 Å². The maximum atomic E-state index is 13.2. The highest BCUT2D eigenvalue weighted by Gasteiger charge is 2.31. The van der Waals surface area contributed by atoms with E-state index in [1.54, 1.807) is 18.2 Å². The lowest BCUT2D eigenvalue weighted by Crippen LogP contribution is -2.48. The van der Waals surface area contributed by atoms with E-state index in [1.165, 1.54) is 34.9 Å². The summed E-state index contributed by atoms with van der Waals surface area (Å²) in [5.74, 6) is 0.725. The van der Waals surface area contributed by atoms with Crippen LogP contribution < -0.4 is 15.0 Å². The number of benzene rings is 3. The second-order valence-electron chi connectivity index (χ2n) is 8.74. The molecule has 0 amide bonds. The molecule has 0 spiro atoms. The Morgan fingerprint density at radius 3 is 2.08 bits per heavy atom. The van der Waals surface area contributed by atoms with Gasteiger partial charge in [-0.2, -0.15) is 4.31 Å². The number of alkyl halides is 3. The average Bonchev–Trinajstić information content (AvgIpc) is 2.94. The molecule has 3 aromatic carbocycles. The molecule has 2 heterocycles. The Bertz CT molecular complexity index is 1510. The monoisotopic (exact) mass is 555 g/mol. The highest BCUT2D eigenvalue weighted by atomic mass is 32.2. The fraction of sp³-hybridized carbons (Fsp3) is 0.185. The minimum Gasteiger partial charge on any atom is -0.406 e. The molecular formula is C27H24F3N5O3S. The van der Waals surface area contributed by atoms with Gasteiger partial charge in [-0.25, -0.2) is 18.4 Å². The quantitative estimate of drug-likeness (QED) is 0.331. The molecular weight excluding hydrogens is 531 g/mol. The number of aromatic nitrogens is 2. The molecule has 1 aromatic heterocycles. The fourth-order valence-corrected chi connectivity index (χ4v) is 5.65. The minimum absolute atomic E-state index is 0.246. The molecule has 0 radical (unpaired) electrons. The number of ether oxygens (including phenoxy) is 1. The molecule has 4 aromatic rings. The highest BCUT2D eigenvalue weighted by Crippen LogP contribution is 2.27. The third-order valence-corrected chi connectivity index (χ3v) is 8.09. The Balaban J connectivity index is 1.20. The normalized spacial score (nSPS) is 14.7. The first-order valence-electron chi connectivity index (χ1n) is 12.0. The van der Waals surface area contributed by atoms with Gasteiger partial charge in [0.25, 0.3) is 0 Å². The van der Waals surface area contributed by atoms with Gasteiger partial charge in [0.1, 0.15) is 23.7 Å². The molecule has 0 aliphatic carbocycles. The van der Waals surface area contributed by atoms with Crippen LogP contribution in [0, 0.1) is 0 Å². The predicted octanol–water partition coefficient (Wildman–Crippen LogP) is 5.30. The molecule has 0 saturated carbocycles. The second-order valence-corrected chi connectivity index (χ2v) is 10.7. The molecule has 1 fully saturated rings. The summed E-state index contributed by atoms with van der Waals surface area (Å²) in [4.78, 5) is 10.7. The fourth-order valence-electron chi connectivity index (χ4n) is 4.23. The number of halogens is 3. The van der Waals surface area contributed by atoms with Crippen LogP contribution in [0.3, 0.4) is 0 Å². The largest absolute Gasteiger partial charge is 0.573 e. The molecule has 8 nitrogen and oxygen atoms in total. The Hall–Kier alpha value is -4.16. The number of rotatable bonds is 7. The lowest BCUT2D eigenvalue weighted by Gasteiger charge is -2.34. The predicted molar refractivity (Wildman–Crippen MR) is 141 cm³/mol. The maximum Gasteiger partial charge on any atom is 0.573 e. The van der Waals surface area contributed by atoms with E-state index in [0.29, 0.717) is 30.4 Å². The number of sulfonamides is 1. The molecule has 1 saturated heterocycles. The molecule has 1 aliphatic rings. The van der Waals surface area contributed by atoms with Gasteiger partial charge in [-0.15, -0.1) is 13.2 Å². The standard InChI is InChI=1S/C27H24F3N5O3S/c28-27(29,30)38-23-10-8-22(9-11-23)33-25-18-26(32-19-31-25)34-14-16-35(17-15-34)39(36,37)24-12-6-21(7-13-24)20-4-2-1-3-5-20/h1-13,18-19H,14-17H2,(H,31,32,33). The Kier molecular flexibility index (Phi) is 7.40. The van der Waals surface area contributed by atoms with Gasteiger partial charge in [-0.1, -0.05) is 42.5 Å². The summed E-state index contributed by atoms with van der Waals surface area (Å²) in [5.41, 5.74) is 2.47. The summed E-state index contributed by atoms with van der Waals surface area (Å²) in [6.45, 7) is 1.44. The molecule has 0 bridgehead atoms. The highest BCUT2D eigenvalue weighted by molar-refractivity contribution is 7.89. The van der Waals surface area contributed by atoms with Crippen molar-refractivity contribution in [1.82, 2.24) is 14.3 Å². The molecule has 0 unspecified atom stereocenters. The smallest absolute Gasteiger partial charge is 0.406 e. The van der Waals surface area contributed by atoms with Gasteiger partial charge in [0, 0.05) is 37.9 Å². The number of hydrogen-bond donors (Lipinski definition) is 1. The summed E-state index contributed by atoms with van der Waals surface area (Å²) < 4.78 is 68.9. The number of hydrogen-bond acceptors (Lipinski definition) is 7. The summed E-state index contributed by atoms with van der Waals surface area (Å²) in [6, 6.07) is 23.6. The van der Waals surface area contributed by atoms with E-state index in [0.717, 1.165) is 11.1 Å². The van der Waals surface area contributed by atoms with E-state index in [2.05, 4.69) is 20.0 Å². The zero-order valence-electron chi connectivity index (χ0n) is 20.5. The second kappa shape index (κ2) is 10.9. The van der Waals surface area contributed by atoms with Crippen molar-refractivity contribution in [3.63, 3.8) is 0 Å². The van der Waals surface area contributed by atoms with E-state index >= 15 is 0 Å². The van der Waals surface area contributed by atoms with Gasteiger partial charge in [0.15, 0.2) is 0 Å². The Morgan fingerprint density at radius 1 is 0.795 bits per heavy atom. The minimum atomic E-state index is -4.76. The van der Waals surface area contributed by atoms with Gasteiger partial charge in [0.05, 0.1) is 4.90 Å². The Morgan fingerprint density at radius 2 is 1.44 bits per heavy atom. The molecule has 1 aliphatic heterocycles. The van der Waals surface area contributed by atoms with Gasteiger partial charge >= 0.3 is 6.36 Å². The van der Waals surface area contributed by atoms with Crippen LogP contribution in [0.25, 0.3) is 11.1 Å². The van der Waals surface area contributed by atoms with Crippen molar-refractivity contribution < 1.29 is 26.3 Å². The van der Waals surface area contributed by atoms with Crippen molar-refractivity contribution in [2.24, 2.45) is 0 Å². The van der Waals surface area contributed by atoms with E-state index in [1.807, 2.05) is 47.4 Å². The van der Waals surface area contributed by atoms with Crippen molar-refractivity contribution in [1.29, 1.82) is 0 Å². The third-order valence-electron chi connectivity index (χ3n) is 6.17. The van der Waals surface area contributed by atoms with E-state index in [9.17, 15) is 21.6 Å². The number of nitrogens with zero attached hydrogens (tertiary/aromatic N) is 4. The first kappa shape index (κ1) is 26.4. The van der Waals surface area contributed by atoms with Crippen LogP contribution in [-0.2, 0) is 10.0 Å². The molecule has 5 rings (SSSR count). The zero-order chi connectivity index (χ0) is 27.5. The topological polar surface area (TPSA) is 87.7 Å². The van der Waals surface area contributed by atoms with Crippen molar-refractivity contribution in [3.8, 4) is 16.9 Å². The number of piperazine rings is 1. The van der Waals surface area contributed by atoms with Crippen LogP contribution in [0.1, 0.15) is 0 Å². The van der Waals surface area contributed by atoms with Crippen LogP contribution in [-0.4, -0.2) is 55.2 Å². The summed E-state index contributed by atoms with van der Waals surface area (Å²) in [7, 11) is -3.65. The van der Waals surface area contributed by atoms with Crippen LogP contribution in [0.2, 0.25) is 0 Å². The number of anilines is 3. The van der Waals surface area contributed by atoms with Crippen LogP contribution in [0.4, 0.5) is 30.5 Å². The van der Waals surface area contributed by atoms with Gasteiger partial charge in [-0.05, 0) is 47.5 Å². The van der Waals surface area contributed by atoms with E-state index in [4.69, 9.17) is 0 Å². The maximum absolute atomic E-state index is 13.2. The van der Waals surface area contributed by atoms with Crippen molar-refractivity contribution in [2.75, 3.05) is 36.4 Å². The summed E-state index contributed by atoms with van der Waals surface area (Å²) in [5, 5.41) is 3.02. The molecule has 12 heteroatoms. The Labute approximate surface area is 223 Å². The molecule has 202 valence electrons. The van der Waals surface area contributed by atoms with Crippen molar-refractivity contribution >= 4 is 27.3 Å². The first-order chi connectivity index (χ1) is 18.7. The lowest BCUT2D eigenvalue weighted by molar-refractivity contribution is -0.274. The SMILES string of the molecule is O=S(=O)(c1ccc(-c2ccccc2)cc1)N1CCN(c2cc(Nc3ccc(OC(F)(F)F)cc3)ncn2)CC1. The summed E-state index contributed by atoms with van der Waals surface area (Å²) >= 11 is 0. The van der Waals surface area contributed by atoms with Crippen molar-refractivity contribution in [3.05, 3.63) is 91.3 Å². The van der Waals surface area contributed by atoms with E-state index in [-0.39, 0.29) is 23.7 Å². The van der Waals surface area contributed by atoms with Gasteiger partial charge < -0.3 is 15.0 Å². The average molecular weight is 556 g/mol. The zero-order valence-corrected chi connectivity index (χ0v) is 21.4. The van der Waals surface area contributed by atoms with Crippen molar-refractivity contribution in [2.45, 2.75) is 11.3 Å². The first-order valence-corrected chi connectivity index (χ1v) is 13.5. The molecule has 39 heavy (non-hydrogen) atoms. The van der Waals surface area contributed by atoms with Gasteiger partial charge in [0.2, 0.25) is 10.0 Å². The molecule has 0 atom stereocenters. The van der Waals surface area contributed by atoms with Gasteiger partial charge in [-0.3, -0.25) is 0 Å². The molecule has 1 N–H and O–H groups in total. The van der Waals surface area contributed by atoms with Crippen LogP contribution in [0.5, 0.6) is 5.75 Å². The lowest BCUT2D eigenvalue weighted by atomic mass is 10.1. The summed E-state index contributed by atoms with van der Waals surface area (Å²) in [6.07, 6.45) is -3.39. The number of nitrogens with one attached hydrogen (secondary N) is 1. The van der Waals surface area contributed by atoms with Crippen LogP contribution in [0.15, 0.2) is 96.2 Å². The third kappa shape index (κ3) is 6.47. The van der Waals surface area contributed by atoms with E-state index < -0.39 is 16.4 Å².